The van der Waals surface area contributed by atoms with Crippen LogP contribution in [0.25, 0.3) is 0 Å². The summed E-state index contributed by atoms with van der Waals surface area (Å²) >= 11 is 0. The van der Waals surface area contributed by atoms with Crippen molar-refractivity contribution in [3.63, 3.8) is 0 Å². The molecule has 0 spiro atoms. The van der Waals surface area contributed by atoms with Crippen LogP contribution in [0.2, 0.25) is 0 Å². The molecular weight excluding hydrogens is 212 g/mol. The van der Waals surface area contributed by atoms with Gasteiger partial charge in [-0.05, 0) is 12.5 Å². The third-order valence-corrected chi connectivity index (χ3v) is 1.33. The number of Topliss-reactive ketones (excluding diaryl/α,β-unsaturated/α-hetero) is 1. The minimum absolute atomic E-state index is 0. The Bertz CT molecular complexity index is 260. The molecule has 0 fully saturated rings. The van der Waals surface area contributed by atoms with E-state index < -0.39 is 0 Å². The number of carbonyl (C=O) groups is 1. The number of hydrogen-bond acceptors (Lipinski definition) is 1. The normalized spacial score (nSPS) is 8.45. The first-order valence-electron chi connectivity index (χ1n) is 3.13. The van der Waals surface area contributed by atoms with Crippen molar-refractivity contribution in [1.29, 1.82) is 0 Å². The van der Waals surface area contributed by atoms with Crippen LogP contribution in [-0.4, -0.2) is 51.3 Å². The fourth-order valence-electron chi connectivity index (χ4n) is 0.790. The zero-order valence-electron chi connectivity index (χ0n) is 7.63. The number of hydrogen-bond donors (Lipinski definition) is 0. The van der Waals surface area contributed by atoms with Crippen LogP contribution < -0.4 is 0 Å². The smallest absolute Gasteiger partial charge is 1.00 e. The maximum atomic E-state index is 10.8. The van der Waals surface area contributed by atoms with Gasteiger partial charge in [0.05, 0.1) is 0 Å². The second kappa shape index (κ2) is 4.99. The van der Waals surface area contributed by atoms with Crippen molar-refractivity contribution >= 4 is 51.3 Å². The first-order valence-corrected chi connectivity index (χ1v) is 3.13. The Kier molecular flexibility index (Phi) is 5.10. The first kappa shape index (κ1) is 11.2. The molecule has 0 saturated carbocycles. The molecule has 1 aromatic carbocycles. The molecule has 1 aromatic rings. The molecular formula is C9H10OSr. The summed E-state index contributed by atoms with van der Waals surface area (Å²) in [5.41, 5.74) is 1.61. The van der Waals surface area contributed by atoms with Gasteiger partial charge in [0, 0.05) is 0 Å². The van der Waals surface area contributed by atoms with Crippen molar-refractivity contribution in [3.8, 4) is 0 Å². The largest absolute Gasteiger partial charge is 2.00 e. The maximum absolute atomic E-state index is 10.8. The molecule has 0 aliphatic rings. The standard InChI is InChI=1S/C9H9O.Sr.H/c1-7-4-3-5-9(6-7)8(2)10;;/h3-6H,1H2,2H3;;/q-1;+2;-1. The van der Waals surface area contributed by atoms with Gasteiger partial charge in [0.25, 0.3) is 0 Å². The quantitative estimate of drug-likeness (QED) is 0.402. The number of benzene rings is 1. The van der Waals surface area contributed by atoms with Gasteiger partial charge in [0.2, 0.25) is 0 Å². The monoisotopic (exact) mass is 222 g/mol. The molecule has 0 radical (unpaired) electrons. The van der Waals surface area contributed by atoms with Crippen molar-refractivity contribution in [1.82, 2.24) is 0 Å². The molecule has 0 aromatic heterocycles. The Labute approximate surface area is 106 Å². The summed E-state index contributed by atoms with van der Waals surface area (Å²) < 4.78 is 0. The van der Waals surface area contributed by atoms with E-state index in [9.17, 15) is 4.79 Å². The molecule has 0 aliphatic carbocycles. The zero-order valence-corrected chi connectivity index (χ0v) is 10.1. The van der Waals surface area contributed by atoms with Crippen LogP contribution in [0.15, 0.2) is 24.3 Å². The van der Waals surface area contributed by atoms with Crippen LogP contribution in [0.3, 0.4) is 0 Å². The van der Waals surface area contributed by atoms with E-state index in [1.165, 1.54) is 0 Å². The van der Waals surface area contributed by atoms with Crippen molar-refractivity contribution in [2.75, 3.05) is 0 Å². The fourth-order valence-corrected chi connectivity index (χ4v) is 0.790. The molecule has 0 aliphatic heterocycles. The minimum atomic E-state index is 0. The Balaban J connectivity index is 0. The second-order valence-corrected chi connectivity index (χ2v) is 2.26. The summed E-state index contributed by atoms with van der Waals surface area (Å²) in [6.45, 7) is 5.26. The molecule has 0 bridgehead atoms. The van der Waals surface area contributed by atoms with Gasteiger partial charge >= 0.3 is 45.5 Å². The van der Waals surface area contributed by atoms with Crippen molar-refractivity contribution in [2.24, 2.45) is 0 Å². The van der Waals surface area contributed by atoms with Gasteiger partial charge in [0.1, 0.15) is 5.78 Å². The Morgan fingerprint density at radius 2 is 2.18 bits per heavy atom. The van der Waals surface area contributed by atoms with Crippen molar-refractivity contribution in [3.05, 3.63) is 42.3 Å². The Morgan fingerprint density at radius 1 is 1.55 bits per heavy atom. The molecule has 0 saturated heterocycles. The van der Waals surface area contributed by atoms with E-state index in [2.05, 4.69) is 6.92 Å². The summed E-state index contributed by atoms with van der Waals surface area (Å²) in [5.74, 6) is 0.0884. The summed E-state index contributed by atoms with van der Waals surface area (Å²) in [6, 6.07) is 7.27. The van der Waals surface area contributed by atoms with Crippen LogP contribution in [0.5, 0.6) is 0 Å². The summed E-state index contributed by atoms with van der Waals surface area (Å²) in [5, 5.41) is 0. The van der Waals surface area contributed by atoms with Gasteiger partial charge in [-0.15, -0.1) is 6.07 Å². The maximum Gasteiger partial charge on any atom is 2.00 e. The molecule has 11 heavy (non-hydrogen) atoms. The average molecular weight is 222 g/mol. The van der Waals surface area contributed by atoms with E-state index in [0.29, 0.717) is 0 Å². The van der Waals surface area contributed by atoms with E-state index in [0.717, 1.165) is 11.1 Å². The van der Waals surface area contributed by atoms with Gasteiger partial charge < -0.3 is 1.43 Å². The molecule has 0 atom stereocenters. The van der Waals surface area contributed by atoms with Gasteiger partial charge in [-0.25, -0.2) is 0 Å². The van der Waals surface area contributed by atoms with Crippen molar-refractivity contribution < 1.29 is 6.22 Å². The van der Waals surface area contributed by atoms with E-state index in [-0.39, 0.29) is 52.7 Å². The topological polar surface area (TPSA) is 17.1 Å². The van der Waals surface area contributed by atoms with Gasteiger partial charge in [-0.2, -0.15) is 24.6 Å². The third kappa shape index (κ3) is 3.43. The number of ketones is 1. The summed E-state index contributed by atoms with van der Waals surface area (Å²) in [7, 11) is 0. The van der Waals surface area contributed by atoms with Crippen LogP contribution in [0.4, 0.5) is 0 Å². The van der Waals surface area contributed by atoms with E-state index in [1.54, 1.807) is 19.1 Å². The van der Waals surface area contributed by atoms with Crippen LogP contribution >= 0.6 is 0 Å². The fraction of sp³-hybridized carbons (Fsp3) is 0.111. The molecule has 0 heterocycles. The molecule has 0 unspecified atom stereocenters. The predicted molar refractivity (Wildman–Crippen MR) is 47.8 cm³/mol. The second-order valence-electron chi connectivity index (χ2n) is 2.26. The van der Waals surface area contributed by atoms with E-state index in [1.807, 2.05) is 12.1 Å². The number of rotatable bonds is 1. The van der Waals surface area contributed by atoms with Gasteiger partial charge in [0.15, 0.2) is 0 Å². The Morgan fingerprint density at radius 3 is 2.55 bits per heavy atom. The number of carbonyl (C=O) groups excluding carboxylic acids is 1. The molecule has 54 valence electrons. The molecule has 1 rings (SSSR count). The van der Waals surface area contributed by atoms with Crippen LogP contribution in [0.1, 0.15) is 24.3 Å². The van der Waals surface area contributed by atoms with Gasteiger partial charge in [-0.1, -0.05) is 6.07 Å². The van der Waals surface area contributed by atoms with E-state index in [4.69, 9.17) is 0 Å². The minimum Gasteiger partial charge on any atom is -1.00 e. The van der Waals surface area contributed by atoms with Crippen LogP contribution in [0, 0.1) is 6.92 Å². The van der Waals surface area contributed by atoms with Gasteiger partial charge in [-0.3, -0.25) is 4.79 Å². The van der Waals surface area contributed by atoms with E-state index >= 15 is 0 Å². The Hall–Kier alpha value is 0.241. The molecule has 1 nitrogen and oxygen atoms in total. The third-order valence-electron chi connectivity index (χ3n) is 1.33. The molecule has 2 heteroatoms. The van der Waals surface area contributed by atoms with Crippen LogP contribution in [-0.2, 0) is 0 Å². The predicted octanol–water partition coefficient (Wildman–Crippen LogP) is 1.80. The summed E-state index contributed by atoms with van der Waals surface area (Å²) in [6.07, 6.45) is 0. The summed E-state index contributed by atoms with van der Waals surface area (Å²) in [4.78, 5) is 10.8. The molecule has 0 N–H and O–H groups in total. The SMILES string of the molecule is [CH2-]c1cccc(C(C)=O)c1.[H-].[Sr+2]. The first-order chi connectivity index (χ1) is 4.70. The molecule has 0 amide bonds. The average Bonchev–Trinajstić information content (AvgIpc) is 1.88. The zero-order chi connectivity index (χ0) is 7.56. The van der Waals surface area contributed by atoms with Crippen molar-refractivity contribution in [2.45, 2.75) is 6.92 Å².